The van der Waals surface area contributed by atoms with E-state index in [0.29, 0.717) is 36.2 Å². The van der Waals surface area contributed by atoms with E-state index < -0.39 is 0 Å². The van der Waals surface area contributed by atoms with Gasteiger partial charge >= 0.3 is 0 Å². The third-order valence-electron chi connectivity index (χ3n) is 4.36. The van der Waals surface area contributed by atoms with E-state index in [9.17, 15) is 4.79 Å². The van der Waals surface area contributed by atoms with Gasteiger partial charge < -0.3 is 20.1 Å². The summed E-state index contributed by atoms with van der Waals surface area (Å²) < 4.78 is 11.0. The fourth-order valence-electron chi connectivity index (χ4n) is 2.92. The summed E-state index contributed by atoms with van der Waals surface area (Å²) in [6.45, 7) is 3.05. The topological polar surface area (TPSA) is 85.4 Å². The maximum Gasteiger partial charge on any atom is 0.274 e. The minimum Gasteiger partial charge on any atom is -0.486 e. The number of ether oxygens (including phenoxy) is 2. The molecule has 3 aromatic rings. The van der Waals surface area contributed by atoms with Gasteiger partial charge in [-0.05, 0) is 24.6 Å². The van der Waals surface area contributed by atoms with Gasteiger partial charge in [-0.2, -0.15) is 0 Å². The quantitative estimate of drug-likeness (QED) is 0.707. The highest BCUT2D eigenvalue weighted by atomic mass is 16.6. The summed E-state index contributed by atoms with van der Waals surface area (Å²) in [4.78, 5) is 20.9. The second-order valence-corrected chi connectivity index (χ2v) is 6.38. The largest absolute Gasteiger partial charge is 0.486 e. The number of carbonyl (C=O) groups is 1. The van der Waals surface area contributed by atoms with Crippen molar-refractivity contribution in [3.05, 3.63) is 72.2 Å². The fraction of sp³-hybridized carbons (Fsp3) is 0.190. The van der Waals surface area contributed by atoms with Crippen molar-refractivity contribution in [2.75, 3.05) is 23.8 Å². The molecular formula is C21H20N4O3. The minimum atomic E-state index is -0.325. The summed E-state index contributed by atoms with van der Waals surface area (Å²) in [6, 6.07) is 17.0. The first kappa shape index (κ1) is 17.8. The maximum absolute atomic E-state index is 12.6. The van der Waals surface area contributed by atoms with Gasteiger partial charge in [-0.1, -0.05) is 30.3 Å². The molecule has 2 heterocycles. The van der Waals surface area contributed by atoms with Crippen molar-refractivity contribution in [3.63, 3.8) is 0 Å². The highest BCUT2D eigenvalue weighted by molar-refractivity contribution is 6.03. The smallest absolute Gasteiger partial charge is 0.274 e. The molecule has 0 fully saturated rings. The Morgan fingerprint density at radius 2 is 1.79 bits per heavy atom. The molecule has 4 rings (SSSR count). The normalized spacial score (nSPS) is 13.5. The summed E-state index contributed by atoms with van der Waals surface area (Å²) in [5.41, 5.74) is 2.01. The first-order valence-electron chi connectivity index (χ1n) is 9.03. The molecule has 2 aromatic carbocycles. The Morgan fingerprint density at radius 3 is 2.61 bits per heavy atom. The molecule has 1 aliphatic rings. The average Bonchev–Trinajstić information content (AvgIpc) is 2.74. The van der Waals surface area contributed by atoms with Gasteiger partial charge in [0, 0.05) is 23.9 Å². The molecule has 0 saturated carbocycles. The average molecular weight is 376 g/mol. The minimum absolute atomic E-state index is 0.0461. The van der Waals surface area contributed by atoms with E-state index in [1.54, 1.807) is 24.3 Å². The van der Waals surface area contributed by atoms with Gasteiger partial charge in [0.15, 0.2) is 11.5 Å². The van der Waals surface area contributed by atoms with Crippen LogP contribution in [-0.2, 0) is 0 Å². The van der Waals surface area contributed by atoms with E-state index in [1.807, 2.05) is 37.3 Å². The zero-order valence-electron chi connectivity index (χ0n) is 15.4. The molecule has 1 amide bonds. The molecule has 1 atom stereocenters. The van der Waals surface area contributed by atoms with Crippen molar-refractivity contribution in [1.29, 1.82) is 0 Å². The second kappa shape index (κ2) is 7.96. The zero-order valence-corrected chi connectivity index (χ0v) is 15.4. The van der Waals surface area contributed by atoms with Crippen LogP contribution in [0.2, 0.25) is 0 Å². The van der Waals surface area contributed by atoms with E-state index >= 15 is 0 Å². The van der Waals surface area contributed by atoms with Gasteiger partial charge in [-0.25, -0.2) is 9.97 Å². The number of hydrogen-bond donors (Lipinski definition) is 2. The van der Waals surface area contributed by atoms with Crippen LogP contribution in [0.1, 0.15) is 29.0 Å². The van der Waals surface area contributed by atoms with E-state index in [-0.39, 0.29) is 17.6 Å². The number of nitrogens with zero attached hydrogens (tertiary/aromatic N) is 2. The maximum atomic E-state index is 12.6. The molecule has 1 aromatic heterocycles. The molecule has 1 unspecified atom stereocenters. The number of amides is 1. The Morgan fingerprint density at radius 1 is 1.00 bits per heavy atom. The van der Waals surface area contributed by atoms with Crippen molar-refractivity contribution < 1.29 is 14.3 Å². The summed E-state index contributed by atoms with van der Waals surface area (Å²) >= 11 is 0. The first-order valence-corrected chi connectivity index (χ1v) is 9.03. The van der Waals surface area contributed by atoms with Gasteiger partial charge in [-0.15, -0.1) is 0 Å². The van der Waals surface area contributed by atoms with Crippen LogP contribution in [0.5, 0.6) is 11.5 Å². The Kier molecular flexibility index (Phi) is 5.05. The summed E-state index contributed by atoms with van der Waals surface area (Å²) in [7, 11) is 0. The first-order chi connectivity index (χ1) is 13.7. The van der Waals surface area contributed by atoms with Gasteiger partial charge in [0.05, 0.1) is 0 Å². The lowest BCUT2D eigenvalue weighted by Gasteiger charge is -2.19. The van der Waals surface area contributed by atoms with Crippen LogP contribution in [0.4, 0.5) is 11.5 Å². The van der Waals surface area contributed by atoms with Crippen LogP contribution in [0.15, 0.2) is 60.9 Å². The third kappa shape index (κ3) is 4.03. The Balaban J connectivity index is 1.45. The van der Waals surface area contributed by atoms with Gasteiger partial charge in [0.2, 0.25) is 0 Å². The molecule has 0 aliphatic carbocycles. The lowest BCUT2D eigenvalue weighted by Crippen LogP contribution is -2.17. The lowest BCUT2D eigenvalue weighted by molar-refractivity contribution is 0.102. The standard InChI is InChI=1S/C21H20N4O3/c1-14(15-5-3-2-4-6-15)24-20-12-17(22-13-23-20)21(26)25-16-7-8-18-19(11-16)28-10-9-27-18/h2-8,11-14H,9-10H2,1H3,(H,25,26)(H,22,23,24). The molecule has 142 valence electrons. The molecule has 7 heteroatoms. The predicted molar refractivity (Wildman–Crippen MR) is 106 cm³/mol. The highest BCUT2D eigenvalue weighted by Crippen LogP contribution is 2.32. The SMILES string of the molecule is CC(Nc1cc(C(=O)Nc2ccc3c(c2)OCCO3)ncn1)c1ccccc1. The van der Waals surface area contributed by atoms with Crippen LogP contribution < -0.4 is 20.1 Å². The van der Waals surface area contributed by atoms with Crippen LogP contribution >= 0.6 is 0 Å². The van der Waals surface area contributed by atoms with Crippen LogP contribution in [-0.4, -0.2) is 29.1 Å². The lowest BCUT2D eigenvalue weighted by atomic mass is 10.1. The number of carbonyl (C=O) groups excluding carboxylic acids is 1. The molecule has 28 heavy (non-hydrogen) atoms. The van der Waals surface area contributed by atoms with Crippen LogP contribution in [0.3, 0.4) is 0 Å². The molecule has 2 N–H and O–H groups in total. The van der Waals surface area contributed by atoms with Crippen LogP contribution in [0, 0.1) is 0 Å². The molecule has 0 spiro atoms. The highest BCUT2D eigenvalue weighted by Gasteiger charge is 2.15. The Labute approximate surface area is 162 Å². The molecule has 1 aliphatic heterocycles. The van der Waals surface area contributed by atoms with Gasteiger partial charge in [0.25, 0.3) is 5.91 Å². The zero-order chi connectivity index (χ0) is 19.3. The molecule has 0 radical (unpaired) electrons. The molecule has 0 saturated heterocycles. The van der Waals surface area contributed by atoms with E-state index in [4.69, 9.17) is 9.47 Å². The molecule has 7 nitrogen and oxygen atoms in total. The predicted octanol–water partition coefficient (Wildman–Crippen LogP) is 3.67. The van der Waals surface area contributed by atoms with E-state index in [0.717, 1.165) is 5.56 Å². The second-order valence-electron chi connectivity index (χ2n) is 6.38. The number of hydrogen-bond acceptors (Lipinski definition) is 6. The van der Waals surface area contributed by atoms with Crippen molar-refractivity contribution in [2.24, 2.45) is 0 Å². The number of anilines is 2. The van der Waals surface area contributed by atoms with Crippen molar-refractivity contribution >= 4 is 17.4 Å². The third-order valence-corrected chi connectivity index (χ3v) is 4.36. The number of fused-ring (bicyclic) bond motifs is 1. The number of benzene rings is 2. The van der Waals surface area contributed by atoms with Crippen molar-refractivity contribution in [3.8, 4) is 11.5 Å². The van der Waals surface area contributed by atoms with Crippen LogP contribution in [0.25, 0.3) is 0 Å². The molecule has 0 bridgehead atoms. The summed E-state index contributed by atoms with van der Waals surface area (Å²) in [6.07, 6.45) is 1.37. The summed E-state index contributed by atoms with van der Waals surface area (Å²) in [5, 5.41) is 6.12. The van der Waals surface area contributed by atoms with Crippen molar-refractivity contribution in [1.82, 2.24) is 9.97 Å². The van der Waals surface area contributed by atoms with Gasteiger partial charge in [-0.3, -0.25) is 4.79 Å². The number of rotatable bonds is 5. The summed E-state index contributed by atoms with van der Waals surface area (Å²) in [5.74, 6) is 1.55. The van der Waals surface area contributed by atoms with E-state index in [2.05, 4.69) is 20.6 Å². The number of aromatic nitrogens is 2. The van der Waals surface area contributed by atoms with E-state index in [1.165, 1.54) is 6.33 Å². The Hall–Kier alpha value is -3.61. The monoisotopic (exact) mass is 376 g/mol. The van der Waals surface area contributed by atoms with Crippen molar-refractivity contribution in [2.45, 2.75) is 13.0 Å². The Bertz CT molecular complexity index is 978. The van der Waals surface area contributed by atoms with Gasteiger partial charge in [0.1, 0.15) is 31.1 Å². The number of nitrogens with one attached hydrogen (secondary N) is 2. The molecular weight excluding hydrogens is 356 g/mol. The fourth-order valence-corrected chi connectivity index (χ4v) is 2.92.